The molecule has 3 N–H and O–H groups in total. The van der Waals surface area contributed by atoms with Crippen molar-refractivity contribution in [2.24, 2.45) is 5.92 Å². The standard InChI is InChI=1S/C19H30N2O3/c1-15(9-12-22)13-20-18(23)21-14-19(10-5-6-11-19)16-7-3-4-8-17(16)24-2/h3-4,7-8,15,22H,5-6,9-14H2,1-2H3,(H2,20,21,23). The molecule has 2 amide bonds. The minimum atomic E-state index is -0.138. The first-order valence-corrected chi connectivity index (χ1v) is 8.87. The Morgan fingerprint density at radius 3 is 2.67 bits per heavy atom. The molecule has 1 aliphatic rings. The Bertz CT molecular complexity index is 527. The average molecular weight is 334 g/mol. The van der Waals surface area contributed by atoms with E-state index in [0.717, 1.165) is 18.6 Å². The molecule has 0 aliphatic heterocycles. The molecular weight excluding hydrogens is 304 g/mol. The zero-order chi connectivity index (χ0) is 17.4. The highest BCUT2D eigenvalue weighted by Gasteiger charge is 2.37. The summed E-state index contributed by atoms with van der Waals surface area (Å²) in [6.07, 6.45) is 5.18. The highest BCUT2D eigenvalue weighted by Crippen LogP contribution is 2.44. The van der Waals surface area contributed by atoms with Gasteiger partial charge in [-0.1, -0.05) is 38.0 Å². The molecule has 0 radical (unpaired) electrons. The van der Waals surface area contributed by atoms with E-state index in [1.165, 1.54) is 18.4 Å². The molecule has 1 aromatic rings. The molecule has 1 unspecified atom stereocenters. The molecule has 0 spiro atoms. The fourth-order valence-corrected chi connectivity index (χ4v) is 3.58. The normalized spacial score (nSPS) is 17.3. The Kier molecular flexibility index (Phi) is 6.91. The molecule has 2 rings (SSSR count). The van der Waals surface area contributed by atoms with Crippen molar-refractivity contribution in [2.75, 3.05) is 26.8 Å². The number of rotatable bonds is 8. The first-order valence-electron chi connectivity index (χ1n) is 8.87. The van der Waals surface area contributed by atoms with Crippen LogP contribution in [0.15, 0.2) is 24.3 Å². The lowest BCUT2D eigenvalue weighted by Crippen LogP contribution is -2.44. The van der Waals surface area contributed by atoms with Gasteiger partial charge in [0.05, 0.1) is 7.11 Å². The van der Waals surface area contributed by atoms with E-state index in [0.29, 0.717) is 19.5 Å². The maximum atomic E-state index is 12.1. The minimum Gasteiger partial charge on any atom is -0.496 e. The van der Waals surface area contributed by atoms with Crippen molar-refractivity contribution in [3.05, 3.63) is 29.8 Å². The maximum absolute atomic E-state index is 12.1. The van der Waals surface area contributed by atoms with Gasteiger partial charge in [0.2, 0.25) is 0 Å². The number of amides is 2. The Labute approximate surface area is 144 Å². The predicted octanol–water partition coefficient (Wildman–Crippen LogP) is 2.82. The number of carbonyl (C=O) groups excluding carboxylic acids is 1. The molecule has 0 heterocycles. The molecule has 24 heavy (non-hydrogen) atoms. The van der Waals surface area contributed by atoms with Crippen molar-refractivity contribution < 1.29 is 14.6 Å². The molecule has 1 fully saturated rings. The SMILES string of the molecule is COc1ccccc1C1(CNC(=O)NCC(C)CCO)CCCC1. The van der Waals surface area contributed by atoms with Crippen LogP contribution < -0.4 is 15.4 Å². The van der Waals surface area contributed by atoms with E-state index in [-0.39, 0.29) is 24.0 Å². The van der Waals surface area contributed by atoms with Gasteiger partial charge in [-0.25, -0.2) is 4.79 Å². The van der Waals surface area contributed by atoms with E-state index in [9.17, 15) is 4.79 Å². The molecule has 5 heteroatoms. The molecule has 0 bridgehead atoms. The second-order valence-electron chi connectivity index (χ2n) is 6.87. The second-order valence-corrected chi connectivity index (χ2v) is 6.87. The molecule has 0 saturated heterocycles. The molecule has 0 aromatic heterocycles. The van der Waals surface area contributed by atoms with Gasteiger partial charge in [0.25, 0.3) is 0 Å². The molecule has 1 atom stereocenters. The first kappa shape index (κ1) is 18.6. The fourth-order valence-electron chi connectivity index (χ4n) is 3.58. The summed E-state index contributed by atoms with van der Waals surface area (Å²) in [5.41, 5.74) is 1.15. The lowest BCUT2D eigenvalue weighted by Gasteiger charge is -2.31. The van der Waals surface area contributed by atoms with Crippen molar-refractivity contribution in [3.8, 4) is 5.75 Å². The van der Waals surface area contributed by atoms with Gasteiger partial charge < -0.3 is 20.5 Å². The summed E-state index contributed by atoms with van der Waals surface area (Å²) in [4.78, 5) is 12.1. The number of benzene rings is 1. The van der Waals surface area contributed by atoms with Gasteiger partial charge in [-0.3, -0.25) is 0 Å². The molecule has 1 aromatic carbocycles. The predicted molar refractivity (Wildman–Crippen MR) is 95.4 cm³/mol. The van der Waals surface area contributed by atoms with Gasteiger partial charge >= 0.3 is 6.03 Å². The van der Waals surface area contributed by atoms with Gasteiger partial charge in [0.1, 0.15) is 5.75 Å². The highest BCUT2D eigenvalue weighted by molar-refractivity contribution is 5.74. The third-order valence-electron chi connectivity index (χ3n) is 5.06. The van der Waals surface area contributed by atoms with Crippen LogP contribution in [-0.4, -0.2) is 37.9 Å². The Morgan fingerprint density at radius 1 is 1.29 bits per heavy atom. The van der Waals surface area contributed by atoms with Crippen LogP contribution in [0.25, 0.3) is 0 Å². The summed E-state index contributed by atoms with van der Waals surface area (Å²) in [6.45, 7) is 3.37. The zero-order valence-corrected chi connectivity index (χ0v) is 14.8. The van der Waals surface area contributed by atoms with Crippen LogP contribution in [0.1, 0.15) is 44.6 Å². The second kappa shape index (κ2) is 8.92. The lowest BCUT2D eigenvalue weighted by molar-refractivity contribution is 0.230. The molecular formula is C19H30N2O3. The largest absolute Gasteiger partial charge is 0.496 e. The van der Waals surface area contributed by atoms with Crippen molar-refractivity contribution in [3.63, 3.8) is 0 Å². The van der Waals surface area contributed by atoms with Gasteiger partial charge in [-0.05, 0) is 31.2 Å². The number of aliphatic hydroxyl groups excluding tert-OH is 1. The molecule has 1 saturated carbocycles. The van der Waals surface area contributed by atoms with Crippen LogP contribution in [0.3, 0.4) is 0 Å². The maximum Gasteiger partial charge on any atom is 0.314 e. The fraction of sp³-hybridized carbons (Fsp3) is 0.632. The summed E-state index contributed by atoms with van der Waals surface area (Å²) < 4.78 is 5.54. The van der Waals surface area contributed by atoms with E-state index in [2.05, 4.69) is 16.7 Å². The van der Waals surface area contributed by atoms with Crippen molar-refractivity contribution in [1.82, 2.24) is 10.6 Å². The van der Waals surface area contributed by atoms with Crippen LogP contribution >= 0.6 is 0 Å². The van der Waals surface area contributed by atoms with Crippen molar-refractivity contribution >= 4 is 6.03 Å². The van der Waals surface area contributed by atoms with Gasteiger partial charge in [0.15, 0.2) is 0 Å². The topological polar surface area (TPSA) is 70.6 Å². The average Bonchev–Trinajstić information content (AvgIpc) is 3.08. The molecule has 5 nitrogen and oxygen atoms in total. The molecule has 134 valence electrons. The van der Waals surface area contributed by atoms with E-state index in [1.54, 1.807) is 7.11 Å². The first-order chi connectivity index (χ1) is 11.6. The Balaban J connectivity index is 1.98. The van der Waals surface area contributed by atoms with E-state index >= 15 is 0 Å². The minimum absolute atomic E-state index is 0.0410. The van der Waals surface area contributed by atoms with E-state index < -0.39 is 0 Å². The summed E-state index contributed by atoms with van der Waals surface area (Å²) in [7, 11) is 1.70. The number of hydrogen-bond donors (Lipinski definition) is 3. The number of nitrogens with one attached hydrogen (secondary N) is 2. The number of para-hydroxylation sites is 1. The van der Waals surface area contributed by atoms with Crippen molar-refractivity contribution in [1.29, 1.82) is 0 Å². The van der Waals surface area contributed by atoms with Gasteiger partial charge in [0, 0.05) is 30.7 Å². The van der Waals surface area contributed by atoms with Crippen LogP contribution in [0.2, 0.25) is 0 Å². The third-order valence-corrected chi connectivity index (χ3v) is 5.06. The zero-order valence-electron chi connectivity index (χ0n) is 14.8. The monoisotopic (exact) mass is 334 g/mol. The van der Waals surface area contributed by atoms with Crippen LogP contribution in [0, 0.1) is 5.92 Å². The number of carbonyl (C=O) groups is 1. The lowest BCUT2D eigenvalue weighted by atomic mass is 9.78. The third kappa shape index (κ3) is 4.63. The smallest absolute Gasteiger partial charge is 0.314 e. The quantitative estimate of drug-likeness (QED) is 0.684. The van der Waals surface area contributed by atoms with Crippen LogP contribution in [-0.2, 0) is 5.41 Å². The van der Waals surface area contributed by atoms with E-state index in [4.69, 9.17) is 9.84 Å². The summed E-state index contributed by atoms with van der Waals surface area (Å²) in [5, 5.41) is 14.9. The Hall–Kier alpha value is -1.75. The van der Waals surface area contributed by atoms with Gasteiger partial charge in [-0.15, -0.1) is 0 Å². The number of methoxy groups -OCH3 is 1. The van der Waals surface area contributed by atoms with Gasteiger partial charge in [-0.2, -0.15) is 0 Å². The Morgan fingerprint density at radius 2 is 2.00 bits per heavy atom. The summed E-state index contributed by atoms with van der Waals surface area (Å²) >= 11 is 0. The number of aliphatic hydroxyl groups is 1. The molecule has 1 aliphatic carbocycles. The summed E-state index contributed by atoms with van der Waals surface area (Å²) in [5.74, 6) is 1.17. The van der Waals surface area contributed by atoms with E-state index in [1.807, 2.05) is 25.1 Å². The summed E-state index contributed by atoms with van der Waals surface area (Å²) in [6, 6.07) is 7.99. The highest BCUT2D eigenvalue weighted by atomic mass is 16.5. The number of ether oxygens (including phenoxy) is 1. The van der Waals surface area contributed by atoms with Crippen LogP contribution in [0.4, 0.5) is 4.79 Å². The number of urea groups is 1. The number of hydrogen-bond acceptors (Lipinski definition) is 3. The van der Waals surface area contributed by atoms with Crippen molar-refractivity contribution in [2.45, 2.75) is 44.4 Å². The van der Waals surface area contributed by atoms with Crippen LogP contribution in [0.5, 0.6) is 5.75 Å².